The predicted octanol–water partition coefficient (Wildman–Crippen LogP) is 5.84. The third kappa shape index (κ3) is 12.2. The van der Waals surface area contributed by atoms with Crippen LogP contribution in [0, 0.1) is 0 Å². The summed E-state index contributed by atoms with van der Waals surface area (Å²) in [7, 11) is 0. The molecule has 0 spiro atoms. The number of unbranched alkanes of at least 4 members (excludes halogenated alkanes) is 3. The van der Waals surface area contributed by atoms with Gasteiger partial charge < -0.3 is 4.74 Å². The Morgan fingerprint density at radius 2 is 1.77 bits per heavy atom. The first kappa shape index (κ1) is 21.7. The van der Waals surface area contributed by atoms with Gasteiger partial charge in [-0.2, -0.15) is 11.8 Å². The molecule has 132 valence electrons. The van der Waals surface area contributed by atoms with Crippen LogP contribution >= 0.6 is 11.8 Å². The van der Waals surface area contributed by atoms with Crippen molar-refractivity contribution < 1.29 is 18.3 Å². The van der Waals surface area contributed by atoms with Crippen LogP contribution in [0.2, 0.25) is 0 Å². The minimum Gasteiger partial charge on any atom is -0.464 e. The number of ether oxygens (including phenoxy) is 1. The van der Waals surface area contributed by atoms with Crippen molar-refractivity contribution in [2.45, 2.75) is 89.7 Å². The minimum absolute atomic E-state index is 0.0309. The Balaban J connectivity index is 3.75. The zero-order valence-electron chi connectivity index (χ0n) is 14.6. The summed E-state index contributed by atoms with van der Waals surface area (Å²) in [6, 6.07) is 0. The standard InChI is InChI=1S/C17H32F2O2S/c1-5-7-8-11-15(20)21-14-16(3,4)22-13-10-9-12-17(18,19)6-2/h5-14H2,1-4H3. The fourth-order valence-electron chi connectivity index (χ4n) is 1.90. The molecule has 0 atom stereocenters. The molecule has 0 N–H and O–H groups in total. The fourth-order valence-corrected chi connectivity index (χ4v) is 2.94. The maximum absolute atomic E-state index is 13.1. The third-order valence-electron chi connectivity index (χ3n) is 3.51. The Morgan fingerprint density at radius 1 is 1.09 bits per heavy atom. The number of rotatable bonds is 13. The van der Waals surface area contributed by atoms with Crippen molar-refractivity contribution in [1.82, 2.24) is 0 Å². The Kier molecular flexibility index (Phi) is 11.1. The van der Waals surface area contributed by atoms with E-state index >= 15 is 0 Å². The lowest BCUT2D eigenvalue weighted by molar-refractivity contribution is -0.144. The molecule has 22 heavy (non-hydrogen) atoms. The van der Waals surface area contributed by atoms with Gasteiger partial charge in [-0.3, -0.25) is 4.79 Å². The summed E-state index contributed by atoms with van der Waals surface area (Å²) in [5.74, 6) is -1.83. The molecular weight excluding hydrogens is 306 g/mol. The van der Waals surface area contributed by atoms with Crippen LogP contribution in [0.1, 0.15) is 79.1 Å². The third-order valence-corrected chi connectivity index (χ3v) is 4.90. The monoisotopic (exact) mass is 338 g/mol. The first-order valence-corrected chi connectivity index (χ1v) is 9.38. The van der Waals surface area contributed by atoms with Gasteiger partial charge in [0.05, 0.1) is 0 Å². The van der Waals surface area contributed by atoms with Crippen molar-refractivity contribution >= 4 is 17.7 Å². The van der Waals surface area contributed by atoms with E-state index in [9.17, 15) is 13.6 Å². The van der Waals surface area contributed by atoms with Crippen molar-refractivity contribution in [3.05, 3.63) is 0 Å². The van der Waals surface area contributed by atoms with Gasteiger partial charge in [0.1, 0.15) is 6.61 Å². The normalized spacial score (nSPS) is 12.5. The van der Waals surface area contributed by atoms with E-state index in [2.05, 4.69) is 6.92 Å². The Labute approximate surface area is 138 Å². The van der Waals surface area contributed by atoms with E-state index in [1.54, 1.807) is 11.8 Å². The van der Waals surface area contributed by atoms with Gasteiger partial charge in [-0.15, -0.1) is 0 Å². The van der Waals surface area contributed by atoms with Crippen molar-refractivity contribution in [1.29, 1.82) is 0 Å². The van der Waals surface area contributed by atoms with E-state index in [0.717, 1.165) is 31.4 Å². The van der Waals surface area contributed by atoms with Crippen molar-refractivity contribution in [2.75, 3.05) is 12.4 Å². The van der Waals surface area contributed by atoms with E-state index < -0.39 is 5.92 Å². The smallest absolute Gasteiger partial charge is 0.305 e. The maximum atomic E-state index is 13.1. The molecule has 5 heteroatoms. The average Bonchev–Trinajstić information content (AvgIpc) is 2.45. The second-order valence-electron chi connectivity index (χ2n) is 6.39. The van der Waals surface area contributed by atoms with Crippen LogP contribution in [0.3, 0.4) is 0 Å². The Bertz CT molecular complexity index is 307. The summed E-state index contributed by atoms with van der Waals surface area (Å²) in [4.78, 5) is 11.6. The van der Waals surface area contributed by atoms with Crippen LogP contribution in [0.15, 0.2) is 0 Å². The van der Waals surface area contributed by atoms with Gasteiger partial charge in [0.25, 0.3) is 0 Å². The molecule has 0 bridgehead atoms. The van der Waals surface area contributed by atoms with Crippen LogP contribution in [0.5, 0.6) is 0 Å². The van der Waals surface area contributed by atoms with E-state index in [-0.39, 0.29) is 23.6 Å². The molecule has 0 aromatic rings. The van der Waals surface area contributed by atoms with Gasteiger partial charge in [0.2, 0.25) is 5.92 Å². The molecule has 0 radical (unpaired) electrons. The summed E-state index contributed by atoms with van der Waals surface area (Å²) in [5, 5.41) is 0. The van der Waals surface area contributed by atoms with E-state index in [1.165, 1.54) is 6.92 Å². The number of carbonyl (C=O) groups is 1. The Morgan fingerprint density at radius 3 is 2.36 bits per heavy atom. The summed E-state index contributed by atoms with van der Waals surface area (Å²) in [5.41, 5.74) is 0. The van der Waals surface area contributed by atoms with E-state index in [4.69, 9.17) is 4.74 Å². The van der Waals surface area contributed by atoms with Gasteiger partial charge in [0.15, 0.2) is 0 Å². The number of thioether (sulfide) groups is 1. The fraction of sp³-hybridized carbons (Fsp3) is 0.941. The largest absolute Gasteiger partial charge is 0.464 e. The summed E-state index contributed by atoms with van der Waals surface area (Å²) in [6.45, 7) is 8.05. The molecule has 0 saturated carbocycles. The van der Waals surface area contributed by atoms with Crippen molar-refractivity contribution in [2.24, 2.45) is 0 Å². The van der Waals surface area contributed by atoms with Crippen LogP contribution < -0.4 is 0 Å². The molecule has 0 saturated heterocycles. The van der Waals surface area contributed by atoms with Gasteiger partial charge >= 0.3 is 5.97 Å². The second kappa shape index (κ2) is 11.3. The zero-order valence-corrected chi connectivity index (χ0v) is 15.4. The number of esters is 1. The number of hydrogen-bond donors (Lipinski definition) is 0. The number of halogens is 2. The molecule has 0 aromatic carbocycles. The lowest BCUT2D eigenvalue weighted by atomic mass is 10.1. The number of carbonyl (C=O) groups excluding carboxylic acids is 1. The van der Waals surface area contributed by atoms with Crippen LogP contribution in [-0.4, -0.2) is 29.0 Å². The SMILES string of the molecule is CCCCCC(=O)OCC(C)(C)SCCCCC(F)(F)CC. The molecule has 0 aliphatic rings. The molecule has 0 heterocycles. The highest BCUT2D eigenvalue weighted by atomic mass is 32.2. The molecule has 0 fully saturated rings. The molecule has 2 nitrogen and oxygen atoms in total. The highest BCUT2D eigenvalue weighted by molar-refractivity contribution is 8.00. The van der Waals surface area contributed by atoms with Gasteiger partial charge in [-0.05, 0) is 38.9 Å². The molecule has 0 amide bonds. The number of hydrogen-bond acceptors (Lipinski definition) is 3. The summed E-state index contributed by atoms with van der Waals surface area (Å²) < 4.78 is 31.3. The maximum Gasteiger partial charge on any atom is 0.305 e. The summed E-state index contributed by atoms with van der Waals surface area (Å²) in [6.07, 6.45) is 4.71. The van der Waals surface area contributed by atoms with Crippen LogP contribution in [0.25, 0.3) is 0 Å². The lowest BCUT2D eigenvalue weighted by Crippen LogP contribution is -2.25. The molecule has 0 aromatic heterocycles. The highest BCUT2D eigenvalue weighted by Crippen LogP contribution is 2.28. The average molecular weight is 339 g/mol. The van der Waals surface area contributed by atoms with Gasteiger partial charge in [0, 0.05) is 24.0 Å². The molecule has 0 unspecified atom stereocenters. The van der Waals surface area contributed by atoms with Crippen LogP contribution in [0.4, 0.5) is 8.78 Å². The van der Waals surface area contributed by atoms with Crippen molar-refractivity contribution in [3.63, 3.8) is 0 Å². The zero-order chi connectivity index (χ0) is 17.1. The first-order valence-electron chi connectivity index (χ1n) is 8.40. The lowest BCUT2D eigenvalue weighted by Gasteiger charge is -2.23. The molecular formula is C17H32F2O2S. The topological polar surface area (TPSA) is 26.3 Å². The minimum atomic E-state index is -2.52. The van der Waals surface area contributed by atoms with Gasteiger partial charge in [-0.25, -0.2) is 8.78 Å². The highest BCUT2D eigenvalue weighted by Gasteiger charge is 2.25. The quantitative estimate of drug-likeness (QED) is 0.312. The molecule has 0 aliphatic carbocycles. The number of alkyl halides is 2. The summed E-state index contributed by atoms with van der Waals surface area (Å²) >= 11 is 1.69. The van der Waals surface area contributed by atoms with E-state index in [0.29, 0.717) is 19.4 Å². The predicted molar refractivity (Wildman–Crippen MR) is 90.7 cm³/mol. The van der Waals surface area contributed by atoms with Crippen LogP contribution in [-0.2, 0) is 9.53 Å². The van der Waals surface area contributed by atoms with Gasteiger partial charge in [-0.1, -0.05) is 26.7 Å². The van der Waals surface area contributed by atoms with Crippen molar-refractivity contribution in [3.8, 4) is 0 Å². The van der Waals surface area contributed by atoms with E-state index in [1.807, 2.05) is 13.8 Å². The molecule has 0 rings (SSSR count). The Hall–Kier alpha value is -0.320. The second-order valence-corrected chi connectivity index (χ2v) is 8.19. The molecule has 0 aliphatic heterocycles. The first-order chi connectivity index (χ1) is 10.2.